The van der Waals surface area contributed by atoms with Gasteiger partial charge in [-0.05, 0) is 72.5 Å². The maximum Gasteiger partial charge on any atom is 0.144 e. The van der Waals surface area contributed by atoms with Crippen molar-refractivity contribution >= 4 is 21.8 Å². The summed E-state index contributed by atoms with van der Waals surface area (Å²) in [7, 11) is 0. The molecule has 0 fully saturated rings. The van der Waals surface area contributed by atoms with Crippen LogP contribution in [0.3, 0.4) is 0 Å². The maximum absolute atomic E-state index is 4.67. The average Bonchev–Trinajstić information content (AvgIpc) is 3.61. The molecule has 0 atom stereocenters. The number of pyridine rings is 2. The van der Waals surface area contributed by atoms with Gasteiger partial charge in [0, 0.05) is 59.2 Å². The van der Waals surface area contributed by atoms with Crippen molar-refractivity contribution in [2.45, 2.75) is 34.1 Å². The summed E-state index contributed by atoms with van der Waals surface area (Å²) in [6, 6.07) is 27.8. The number of hydrogen-bond acceptors (Lipinski definition) is 3. The van der Waals surface area contributed by atoms with E-state index in [4.69, 9.17) is 0 Å². The Morgan fingerprint density at radius 1 is 0.634 bits per heavy atom. The number of benzene rings is 3. The van der Waals surface area contributed by atoms with E-state index in [0.717, 1.165) is 38.9 Å². The molecule has 7 aromatic rings. The first-order valence-corrected chi connectivity index (χ1v) is 14.1. The predicted molar refractivity (Wildman–Crippen MR) is 170 cm³/mol. The summed E-state index contributed by atoms with van der Waals surface area (Å²) >= 11 is 0. The second-order valence-corrected chi connectivity index (χ2v) is 10.3. The third-order valence-electron chi connectivity index (χ3n) is 7.21. The van der Waals surface area contributed by atoms with Gasteiger partial charge in [-0.25, -0.2) is 4.98 Å². The molecule has 5 heteroatoms. The molecule has 202 valence electrons. The second kappa shape index (κ2) is 11.2. The maximum atomic E-state index is 4.67. The molecule has 4 aromatic heterocycles. The monoisotopic (exact) mass is 535 g/mol. The summed E-state index contributed by atoms with van der Waals surface area (Å²) in [5.41, 5.74) is 10.4. The van der Waals surface area contributed by atoms with Crippen LogP contribution in [0, 0.1) is 13.8 Å². The fraction of sp³-hybridized carbons (Fsp3) is 0.139. The van der Waals surface area contributed by atoms with Crippen molar-refractivity contribution in [1.82, 2.24) is 24.1 Å². The van der Waals surface area contributed by atoms with Gasteiger partial charge in [0.1, 0.15) is 5.82 Å². The van der Waals surface area contributed by atoms with Crippen LogP contribution in [0.2, 0.25) is 0 Å². The van der Waals surface area contributed by atoms with Crippen molar-refractivity contribution in [2.75, 3.05) is 0 Å². The fourth-order valence-corrected chi connectivity index (χ4v) is 5.60. The third kappa shape index (κ3) is 4.80. The molecule has 41 heavy (non-hydrogen) atoms. The first-order chi connectivity index (χ1) is 20.1. The van der Waals surface area contributed by atoms with Gasteiger partial charge in [-0.3, -0.25) is 14.5 Å². The van der Waals surface area contributed by atoms with Crippen molar-refractivity contribution in [3.05, 3.63) is 127 Å². The van der Waals surface area contributed by atoms with Crippen LogP contribution < -0.4 is 0 Å². The molecule has 0 unspecified atom stereocenters. The average molecular weight is 536 g/mol. The lowest BCUT2D eigenvalue weighted by molar-refractivity contribution is 1.03. The molecule has 0 saturated heterocycles. The molecule has 0 aliphatic heterocycles. The van der Waals surface area contributed by atoms with Crippen LogP contribution in [0.15, 0.2) is 116 Å². The molecule has 0 radical (unpaired) electrons. The van der Waals surface area contributed by atoms with E-state index in [1.54, 1.807) is 0 Å². The zero-order valence-electron chi connectivity index (χ0n) is 23.9. The largest absolute Gasteiger partial charge is 0.309 e. The van der Waals surface area contributed by atoms with Gasteiger partial charge in [-0.2, -0.15) is 0 Å². The highest BCUT2D eigenvalue weighted by Gasteiger charge is 2.15. The topological polar surface area (TPSA) is 48.5 Å². The Kier molecular flexibility index (Phi) is 7.17. The molecular weight excluding hydrogens is 502 g/mol. The summed E-state index contributed by atoms with van der Waals surface area (Å²) < 4.78 is 4.49. The Balaban J connectivity index is 0.000000967. The lowest BCUT2D eigenvalue weighted by Crippen LogP contribution is -2.02. The van der Waals surface area contributed by atoms with Crippen LogP contribution in [0.25, 0.3) is 55.7 Å². The number of imidazole rings is 1. The van der Waals surface area contributed by atoms with Gasteiger partial charge < -0.3 is 4.57 Å². The molecular formula is C36H33N5. The molecule has 0 amide bonds. The van der Waals surface area contributed by atoms with Gasteiger partial charge in [-0.1, -0.05) is 62.7 Å². The van der Waals surface area contributed by atoms with Crippen LogP contribution >= 0.6 is 0 Å². The molecule has 0 saturated carbocycles. The quantitative estimate of drug-likeness (QED) is 0.226. The number of rotatable bonds is 4. The molecule has 0 aliphatic rings. The van der Waals surface area contributed by atoms with Crippen LogP contribution in [0.1, 0.15) is 31.4 Å². The van der Waals surface area contributed by atoms with Crippen molar-refractivity contribution < 1.29 is 0 Å². The zero-order valence-corrected chi connectivity index (χ0v) is 23.9. The summed E-state index contributed by atoms with van der Waals surface area (Å²) in [6.45, 7) is 8.61. The van der Waals surface area contributed by atoms with Crippen LogP contribution in [-0.4, -0.2) is 24.1 Å². The molecule has 7 rings (SSSR count). The van der Waals surface area contributed by atoms with Crippen LogP contribution in [0.5, 0.6) is 0 Å². The fourth-order valence-electron chi connectivity index (χ4n) is 5.60. The number of aryl methyl sites for hydroxylation is 2. The summed E-state index contributed by atoms with van der Waals surface area (Å²) in [5, 5.41) is 2.21. The Hall–Kier alpha value is -5.03. The number of hydrogen-bond donors (Lipinski definition) is 0. The molecule has 0 N–H and O–H groups in total. The van der Waals surface area contributed by atoms with Gasteiger partial charge in [0.15, 0.2) is 0 Å². The highest BCUT2D eigenvalue weighted by molar-refractivity contribution is 6.08. The van der Waals surface area contributed by atoms with E-state index in [-0.39, 0.29) is 0 Å². The highest BCUT2D eigenvalue weighted by atomic mass is 15.1. The Morgan fingerprint density at radius 3 is 1.88 bits per heavy atom. The third-order valence-corrected chi connectivity index (χ3v) is 7.21. The standard InChI is InChI=1S/C33H25N5.C3H8/c1-22-17-26(18-23(2)32(22)37-16-15-36-33(37)24-7-4-3-5-8-24)25-9-6-10-27(19-25)38-30-11-13-34-20-28(30)29-21-35-14-12-31(29)38;1-3-2/h3-21H,1-2H3;3H2,1-2H3. The normalized spacial score (nSPS) is 11.0. The zero-order chi connectivity index (χ0) is 28.3. The number of nitrogens with zero attached hydrogens (tertiary/aromatic N) is 5. The van der Waals surface area contributed by atoms with E-state index in [0.29, 0.717) is 0 Å². The van der Waals surface area contributed by atoms with Gasteiger partial charge in [0.25, 0.3) is 0 Å². The Bertz CT molecular complexity index is 1890. The first kappa shape index (κ1) is 26.2. The lowest BCUT2D eigenvalue weighted by atomic mass is 9.98. The smallest absolute Gasteiger partial charge is 0.144 e. The van der Waals surface area contributed by atoms with E-state index >= 15 is 0 Å². The van der Waals surface area contributed by atoms with Crippen LogP contribution in [0.4, 0.5) is 0 Å². The molecule has 5 nitrogen and oxygen atoms in total. The van der Waals surface area contributed by atoms with E-state index in [1.807, 2.05) is 55.4 Å². The predicted octanol–water partition coefficient (Wildman–Crippen LogP) is 9.13. The van der Waals surface area contributed by atoms with E-state index in [2.05, 4.69) is 112 Å². The Labute approximate surface area is 240 Å². The van der Waals surface area contributed by atoms with E-state index in [9.17, 15) is 0 Å². The van der Waals surface area contributed by atoms with Crippen molar-refractivity contribution in [2.24, 2.45) is 0 Å². The van der Waals surface area contributed by atoms with E-state index < -0.39 is 0 Å². The molecule has 0 aliphatic carbocycles. The molecule has 3 aromatic carbocycles. The lowest BCUT2D eigenvalue weighted by Gasteiger charge is -2.17. The molecule has 4 heterocycles. The minimum Gasteiger partial charge on any atom is -0.309 e. The SMILES string of the molecule is CCC.Cc1cc(-c2cccc(-n3c4ccncc4c4cnccc43)c2)cc(C)c1-n1ccnc1-c1ccccc1. The highest BCUT2D eigenvalue weighted by Crippen LogP contribution is 2.34. The second-order valence-electron chi connectivity index (χ2n) is 10.3. The summed E-state index contributed by atoms with van der Waals surface area (Å²) in [5.74, 6) is 0.946. The Morgan fingerprint density at radius 2 is 1.24 bits per heavy atom. The van der Waals surface area contributed by atoms with E-state index in [1.165, 1.54) is 34.4 Å². The summed E-state index contributed by atoms with van der Waals surface area (Å²) in [4.78, 5) is 13.4. The van der Waals surface area contributed by atoms with Crippen molar-refractivity contribution in [1.29, 1.82) is 0 Å². The molecule has 0 bridgehead atoms. The minimum absolute atomic E-state index is 0.946. The van der Waals surface area contributed by atoms with Crippen LogP contribution in [-0.2, 0) is 0 Å². The van der Waals surface area contributed by atoms with Crippen molar-refractivity contribution in [3.63, 3.8) is 0 Å². The number of aromatic nitrogens is 5. The van der Waals surface area contributed by atoms with Crippen molar-refractivity contribution in [3.8, 4) is 33.9 Å². The van der Waals surface area contributed by atoms with Gasteiger partial charge in [0.05, 0.1) is 16.7 Å². The van der Waals surface area contributed by atoms with Gasteiger partial charge in [0.2, 0.25) is 0 Å². The number of fused-ring (bicyclic) bond motifs is 3. The summed E-state index contributed by atoms with van der Waals surface area (Å²) in [6.07, 6.45) is 12.7. The van der Waals surface area contributed by atoms with Gasteiger partial charge >= 0.3 is 0 Å². The minimum atomic E-state index is 0.946. The first-order valence-electron chi connectivity index (χ1n) is 14.1. The van der Waals surface area contributed by atoms with Gasteiger partial charge in [-0.15, -0.1) is 0 Å². The molecule has 0 spiro atoms.